The van der Waals surface area contributed by atoms with Crippen molar-refractivity contribution in [2.24, 2.45) is 0 Å². The highest BCUT2D eigenvalue weighted by molar-refractivity contribution is 5.89. The van der Waals surface area contributed by atoms with Gasteiger partial charge in [-0.05, 0) is 31.0 Å². The van der Waals surface area contributed by atoms with Crippen molar-refractivity contribution in [3.05, 3.63) is 59.7 Å². The monoisotopic (exact) mass is 298 g/mol. The number of hydrogen-bond donors (Lipinski definition) is 2. The number of carbonyl (C=O) groups is 1. The number of anilines is 1. The van der Waals surface area contributed by atoms with Crippen LogP contribution < -0.4 is 15.4 Å². The fourth-order valence-corrected chi connectivity index (χ4v) is 2.05. The van der Waals surface area contributed by atoms with Crippen LogP contribution in [-0.2, 0) is 6.61 Å². The van der Waals surface area contributed by atoms with Crippen molar-refractivity contribution in [2.75, 3.05) is 11.9 Å². The van der Waals surface area contributed by atoms with Crippen molar-refractivity contribution >= 4 is 11.7 Å². The fourth-order valence-electron chi connectivity index (χ4n) is 2.05. The number of rotatable bonds is 6. The zero-order valence-corrected chi connectivity index (χ0v) is 13.1. The Morgan fingerprint density at radius 2 is 1.95 bits per heavy atom. The minimum atomic E-state index is -0.197. The molecule has 0 bridgehead atoms. The average molecular weight is 298 g/mol. The van der Waals surface area contributed by atoms with Gasteiger partial charge in [0.25, 0.3) is 0 Å². The fraction of sp³-hybridized carbons (Fsp3) is 0.278. The highest BCUT2D eigenvalue weighted by Gasteiger charge is 2.02. The molecular formula is C18H22N2O2. The third kappa shape index (κ3) is 5.13. The first-order valence-corrected chi connectivity index (χ1v) is 7.50. The van der Waals surface area contributed by atoms with Gasteiger partial charge in [-0.3, -0.25) is 0 Å². The normalized spacial score (nSPS) is 10.1. The van der Waals surface area contributed by atoms with Gasteiger partial charge >= 0.3 is 6.03 Å². The number of benzene rings is 2. The lowest BCUT2D eigenvalue weighted by Crippen LogP contribution is -2.29. The highest BCUT2D eigenvalue weighted by Crippen LogP contribution is 2.18. The predicted octanol–water partition coefficient (Wildman–Crippen LogP) is 4.11. The second-order valence-corrected chi connectivity index (χ2v) is 5.19. The predicted molar refractivity (Wildman–Crippen MR) is 89.3 cm³/mol. The van der Waals surface area contributed by atoms with Crippen LogP contribution in [0.25, 0.3) is 0 Å². The van der Waals surface area contributed by atoms with Crippen LogP contribution in [0.1, 0.15) is 24.5 Å². The lowest BCUT2D eigenvalue weighted by molar-refractivity contribution is 0.252. The molecule has 116 valence electrons. The molecule has 2 N–H and O–H groups in total. The summed E-state index contributed by atoms with van der Waals surface area (Å²) in [5, 5.41) is 5.57. The van der Waals surface area contributed by atoms with Gasteiger partial charge < -0.3 is 15.4 Å². The number of ether oxygens (including phenoxy) is 1. The van der Waals surface area contributed by atoms with Crippen LogP contribution in [0.2, 0.25) is 0 Å². The van der Waals surface area contributed by atoms with Gasteiger partial charge in [0.15, 0.2) is 0 Å². The van der Waals surface area contributed by atoms with E-state index in [0.717, 1.165) is 23.4 Å². The van der Waals surface area contributed by atoms with Crippen molar-refractivity contribution in [3.8, 4) is 5.75 Å². The summed E-state index contributed by atoms with van der Waals surface area (Å²) in [5.74, 6) is 0.731. The van der Waals surface area contributed by atoms with Crippen molar-refractivity contribution in [3.63, 3.8) is 0 Å². The van der Waals surface area contributed by atoms with Gasteiger partial charge in [-0.25, -0.2) is 4.79 Å². The quantitative estimate of drug-likeness (QED) is 0.843. The van der Waals surface area contributed by atoms with Crippen LogP contribution in [0.4, 0.5) is 10.5 Å². The molecule has 0 aliphatic rings. The van der Waals surface area contributed by atoms with E-state index in [1.807, 2.05) is 43.3 Å². The maximum atomic E-state index is 11.6. The Bertz CT molecular complexity index is 626. The largest absolute Gasteiger partial charge is 0.489 e. The third-order valence-electron chi connectivity index (χ3n) is 3.12. The smallest absolute Gasteiger partial charge is 0.319 e. The number of urea groups is 1. The van der Waals surface area contributed by atoms with E-state index < -0.39 is 0 Å². The lowest BCUT2D eigenvalue weighted by atomic mass is 10.1. The van der Waals surface area contributed by atoms with Gasteiger partial charge in [-0.15, -0.1) is 0 Å². The maximum Gasteiger partial charge on any atom is 0.319 e. The summed E-state index contributed by atoms with van der Waals surface area (Å²) in [6.45, 7) is 5.24. The molecule has 0 spiro atoms. The summed E-state index contributed by atoms with van der Waals surface area (Å²) < 4.78 is 5.78. The molecule has 2 amide bonds. The van der Waals surface area contributed by atoms with Gasteiger partial charge in [0.1, 0.15) is 12.4 Å². The SMILES string of the molecule is CCCNC(=O)Nc1cccc(OCc2cccc(C)c2)c1. The molecule has 0 fully saturated rings. The van der Waals surface area contributed by atoms with Crippen LogP contribution in [-0.4, -0.2) is 12.6 Å². The molecule has 4 heteroatoms. The van der Waals surface area contributed by atoms with Crippen LogP contribution in [0.3, 0.4) is 0 Å². The standard InChI is InChI=1S/C18H22N2O2/c1-3-10-19-18(21)20-16-8-5-9-17(12-16)22-13-15-7-4-6-14(2)11-15/h4-9,11-12H,3,10,13H2,1-2H3,(H2,19,20,21). The van der Waals surface area contributed by atoms with Gasteiger partial charge in [0.2, 0.25) is 0 Å². The second-order valence-electron chi connectivity index (χ2n) is 5.19. The van der Waals surface area contributed by atoms with E-state index in [1.54, 1.807) is 0 Å². The molecule has 0 saturated carbocycles. The van der Waals surface area contributed by atoms with Crippen LogP contribution in [0, 0.1) is 6.92 Å². The Labute approximate surface area is 131 Å². The van der Waals surface area contributed by atoms with Crippen LogP contribution in [0.5, 0.6) is 5.75 Å². The zero-order chi connectivity index (χ0) is 15.8. The molecule has 0 aliphatic carbocycles. The van der Waals surface area contributed by atoms with Crippen molar-refractivity contribution in [2.45, 2.75) is 26.9 Å². The van der Waals surface area contributed by atoms with Crippen molar-refractivity contribution < 1.29 is 9.53 Å². The number of hydrogen-bond acceptors (Lipinski definition) is 2. The Morgan fingerprint density at radius 3 is 2.73 bits per heavy atom. The number of aryl methyl sites for hydroxylation is 1. The second kappa shape index (κ2) is 8.08. The first-order chi connectivity index (χ1) is 10.7. The minimum Gasteiger partial charge on any atom is -0.489 e. The molecule has 4 nitrogen and oxygen atoms in total. The molecule has 0 aromatic heterocycles. The van der Waals surface area contributed by atoms with Crippen LogP contribution in [0.15, 0.2) is 48.5 Å². The topological polar surface area (TPSA) is 50.4 Å². The Balaban J connectivity index is 1.92. The molecule has 0 heterocycles. The number of nitrogens with one attached hydrogen (secondary N) is 2. The van der Waals surface area contributed by atoms with Gasteiger partial charge in [0.05, 0.1) is 0 Å². The van der Waals surface area contributed by atoms with Crippen molar-refractivity contribution in [1.82, 2.24) is 5.32 Å². The highest BCUT2D eigenvalue weighted by atomic mass is 16.5. The van der Waals surface area contributed by atoms with Gasteiger partial charge in [0, 0.05) is 18.3 Å². The number of carbonyl (C=O) groups excluding carboxylic acids is 1. The third-order valence-corrected chi connectivity index (χ3v) is 3.12. The van der Waals surface area contributed by atoms with Gasteiger partial charge in [-0.1, -0.05) is 42.8 Å². The molecule has 0 atom stereocenters. The Kier molecular flexibility index (Phi) is 5.83. The van der Waals surface area contributed by atoms with Crippen molar-refractivity contribution in [1.29, 1.82) is 0 Å². The van der Waals surface area contributed by atoms with E-state index in [1.165, 1.54) is 5.56 Å². The van der Waals surface area contributed by atoms with E-state index in [4.69, 9.17) is 4.74 Å². The molecular weight excluding hydrogens is 276 g/mol. The van der Waals surface area contributed by atoms with E-state index in [2.05, 4.69) is 29.7 Å². The molecule has 0 saturated heterocycles. The molecule has 0 radical (unpaired) electrons. The van der Waals surface area contributed by atoms with E-state index >= 15 is 0 Å². The average Bonchev–Trinajstić information content (AvgIpc) is 2.51. The maximum absolute atomic E-state index is 11.6. The zero-order valence-electron chi connectivity index (χ0n) is 13.1. The van der Waals surface area contributed by atoms with Gasteiger partial charge in [-0.2, -0.15) is 0 Å². The summed E-state index contributed by atoms with van der Waals surface area (Å²) in [7, 11) is 0. The summed E-state index contributed by atoms with van der Waals surface area (Å²) in [5.41, 5.74) is 3.05. The first-order valence-electron chi connectivity index (χ1n) is 7.50. The minimum absolute atomic E-state index is 0.197. The summed E-state index contributed by atoms with van der Waals surface area (Å²) in [6.07, 6.45) is 0.910. The lowest BCUT2D eigenvalue weighted by Gasteiger charge is -2.10. The summed E-state index contributed by atoms with van der Waals surface area (Å²) in [4.78, 5) is 11.6. The van der Waals surface area contributed by atoms with E-state index in [0.29, 0.717) is 13.2 Å². The number of amides is 2. The van der Waals surface area contributed by atoms with Crippen LogP contribution >= 0.6 is 0 Å². The molecule has 2 aromatic carbocycles. The van der Waals surface area contributed by atoms with E-state index in [9.17, 15) is 4.79 Å². The molecule has 2 rings (SSSR count). The van der Waals surface area contributed by atoms with E-state index in [-0.39, 0.29) is 6.03 Å². The summed E-state index contributed by atoms with van der Waals surface area (Å²) in [6, 6.07) is 15.4. The summed E-state index contributed by atoms with van der Waals surface area (Å²) >= 11 is 0. The Hall–Kier alpha value is -2.49. The first kappa shape index (κ1) is 15.9. The Morgan fingerprint density at radius 1 is 1.14 bits per heavy atom. The molecule has 0 unspecified atom stereocenters. The molecule has 2 aromatic rings. The molecule has 22 heavy (non-hydrogen) atoms. The molecule has 0 aliphatic heterocycles.